The van der Waals surface area contributed by atoms with E-state index in [4.69, 9.17) is 0 Å². The summed E-state index contributed by atoms with van der Waals surface area (Å²) in [6.07, 6.45) is 4.08. The van der Waals surface area contributed by atoms with E-state index < -0.39 is 5.91 Å². The van der Waals surface area contributed by atoms with Crippen LogP contribution in [0.15, 0.2) is 59.7 Å². The van der Waals surface area contributed by atoms with Gasteiger partial charge in [0.2, 0.25) is 0 Å². The summed E-state index contributed by atoms with van der Waals surface area (Å²) in [4.78, 5) is 44.3. The fourth-order valence-corrected chi connectivity index (χ4v) is 3.01. The van der Waals surface area contributed by atoms with Gasteiger partial charge in [-0.15, -0.1) is 0 Å². The SMILES string of the molecule is Cc1cc2ncc(CNC(=O)c3cc(=O)n4ccccc4n3)cc2cc1C=O. The maximum absolute atomic E-state index is 12.4. The number of hydrogen-bond acceptors (Lipinski definition) is 5. The molecule has 4 rings (SSSR count). The zero-order valence-electron chi connectivity index (χ0n) is 15.0. The first-order chi connectivity index (χ1) is 13.5. The standard InChI is InChI=1S/C21H16N4O3/c1-13-6-17-15(8-16(13)12-26)7-14(10-22-17)11-23-21(28)18-9-20(27)25-5-3-2-4-19(25)24-18/h2-10,12H,11H2,1H3,(H,23,28). The molecule has 1 amide bonds. The van der Waals surface area contributed by atoms with Crippen LogP contribution in [0.5, 0.6) is 0 Å². The van der Waals surface area contributed by atoms with E-state index in [9.17, 15) is 14.4 Å². The molecule has 4 aromatic rings. The van der Waals surface area contributed by atoms with Crippen molar-refractivity contribution in [1.29, 1.82) is 0 Å². The summed E-state index contributed by atoms with van der Waals surface area (Å²) in [6, 6.07) is 11.9. The summed E-state index contributed by atoms with van der Waals surface area (Å²) < 4.78 is 1.37. The van der Waals surface area contributed by atoms with E-state index >= 15 is 0 Å². The second kappa shape index (κ2) is 7.03. The molecule has 0 spiro atoms. The molecule has 0 bridgehead atoms. The van der Waals surface area contributed by atoms with E-state index in [1.165, 1.54) is 10.5 Å². The first kappa shape index (κ1) is 17.5. The summed E-state index contributed by atoms with van der Waals surface area (Å²) in [5.74, 6) is -0.443. The number of pyridine rings is 2. The molecule has 1 aromatic carbocycles. The Kier molecular flexibility index (Phi) is 4.41. The minimum Gasteiger partial charge on any atom is -0.347 e. The summed E-state index contributed by atoms with van der Waals surface area (Å²) >= 11 is 0. The molecule has 0 aliphatic carbocycles. The van der Waals surface area contributed by atoms with Gasteiger partial charge in [-0.1, -0.05) is 6.07 Å². The highest BCUT2D eigenvalue weighted by molar-refractivity contribution is 5.93. The molecule has 0 saturated heterocycles. The zero-order valence-corrected chi connectivity index (χ0v) is 15.0. The van der Waals surface area contributed by atoms with Crippen molar-refractivity contribution in [2.45, 2.75) is 13.5 Å². The first-order valence-corrected chi connectivity index (χ1v) is 8.66. The Hall–Kier alpha value is -3.87. The number of fused-ring (bicyclic) bond motifs is 2. The van der Waals surface area contributed by atoms with Crippen LogP contribution in [0.3, 0.4) is 0 Å². The number of benzene rings is 1. The predicted molar refractivity (Wildman–Crippen MR) is 104 cm³/mol. The van der Waals surface area contributed by atoms with Gasteiger partial charge in [-0.25, -0.2) is 4.98 Å². The lowest BCUT2D eigenvalue weighted by Gasteiger charge is -2.08. The number of nitrogens with one attached hydrogen (secondary N) is 1. The Morgan fingerprint density at radius 1 is 1.21 bits per heavy atom. The summed E-state index contributed by atoms with van der Waals surface area (Å²) in [7, 11) is 0. The molecule has 28 heavy (non-hydrogen) atoms. The molecular formula is C21H16N4O3. The Morgan fingerprint density at radius 3 is 2.89 bits per heavy atom. The van der Waals surface area contributed by atoms with Gasteiger partial charge in [0, 0.05) is 36.0 Å². The maximum Gasteiger partial charge on any atom is 0.270 e. The van der Waals surface area contributed by atoms with Crippen LogP contribution in [-0.2, 0) is 6.54 Å². The molecule has 0 unspecified atom stereocenters. The van der Waals surface area contributed by atoms with Crippen LogP contribution in [0, 0.1) is 6.92 Å². The van der Waals surface area contributed by atoms with Crippen molar-refractivity contribution in [2.75, 3.05) is 0 Å². The molecule has 0 aliphatic heterocycles. The molecule has 0 aliphatic rings. The lowest BCUT2D eigenvalue weighted by molar-refractivity contribution is 0.0945. The second-order valence-corrected chi connectivity index (χ2v) is 6.45. The van der Waals surface area contributed by atoms with E-state index in [-0.39, 0.29) is 17.8 Å². The third-order valence-electron chi connectivity index (χ3n) is 4.51. The Balaban J connectivity index is 1.57. The van der Waals surface area contributed by atoms with Crippen LogP contribution in [0.25, 0.3) is 16.6 Å². The molecular weight excluding hydrogens is 356 g/mol. The molecule has 0 radical (unpaired) electrons. The van der Waals surface area contributed by atoms with Gasteiger partial charge in [0.05, 0.1) is 5.52 Å². The highest BCUT2D eigenvalue weighted by Crippen LogP contribution is 2.18. The monoisotopic (exact) mass is 372 g/mol. The highest BCUT2D eigenvalue weighted by atomic mass is 16.2. The number of aryl methyl sites for hydroxylation is 1. The molecule has 1 N–H and O–H groups in total. The normalized spacial score (nSPS) is 10.9. The van der Waals surface area contributed by atoms with Crippen LogP contribution in [0.1, 0.15) is 32.0 Å². The number of carbonyl (C=O) groups excluding carboxylic acids is 2. The Morgan fingerprint density at radius 2 is 2.07 bits per heavy atom. The Bertz CT molecular complexity index is 1290. The van der Waals surface area contributed by atoms with Crippen LogP contribution >= 0.6 is 0 Å². The third-order valence-corrected chi connectivity index (χ3v) is 4.51. The van der Waals surface area contributed by atoms with E-state index in [1.54, 1.807) is 36.7 Å². The maximum atomic E-state index is 12.4. The van der Waals surface area contributed by atoms with Crippen molar-refractivity contribution in [2.24, 2.45) is 0 Å². The van der Waals surface area contributed by atoms with Crippen molar-refractivity contribution in [3.8, 4) is 0 Å². The van der Waals surface area contributed by atoms with Crippen molar-refractivity contribution < 1.29 is 9.59 Å². The number of rotatable bonds is 4. The summed E-state index contributed by atoms with van der Waals surface area (Å²) in [5, 5.41) is 3.57. The average molecular weight is 372 g/mol. The van der Waals surface area contributed by atoms with Crippen molar-refractivity contribution >= 4 is 28.7 Å². The average Bonchev–Trinajstić information content (AvgIpc) is 2.71. The van der Waals surface area contributed by atoms with Crippen molar-refractivity contribution in [1.82, 2.24) is 19.7 Å². The second-order valence-electron chi connectivity index (χ2n) is 6.45. The van der Waals surface area contributed by atoms with Crippen LogP contribution in [-0.4, -0.2) is 26.6 Å². The lowest BCUT2D eigenvalue weighted by Crippen LogP contribution is -2.27. The summed E-state index contributed by atoms with van der Waals surface area (Å²) in [5.41, 5.74) is 3.18. The summed E-state index contributed by atoms with van der Waals surface area (Å²) in [6.45, 7) is 2.08. The number of aldehydes is 1. The van der Waals surface area contributed by atoms with Gasteiger partial charge in [-0.3, -0.25) is 23.8 Å². The van der Waals surface area contributed by atoms with E-state index in [1.807, 2.05) is 19.1 Å². The molecule has 7 nitrogen and oxygen atoms in total. The highest BCUT2D eigenvalue weighted by Gasteiger charge is 2.11. The van der Waals surface area contributed by atoms with E-state index in [0.717, 1.165) is 28.3 Å². The molecule has 0 saturated carbocycles. The van der Waals surface area contributed by atoms with Gasteiger partial charge < -0.3 is 5.32 Å². The van der Waals surface area contributed by atoms with Gasteiger partial charge in [0.15, 0.2) is 0 Å². The van der Waals surface area contributed by atoms with Gasteiger partial charge >= 0.3 is 0 Å². The number of nitrogens with zero attached hydrogens (tertiary/aromatic N) is 3. The van der Waals surface area contributed by atoms with Crippen LogP contribution < -0.4 is 10.9 Å². The molecule has 3 aromatic heterocycles. The minimum atomic E-state index is -0.443. The first-order valence-electron chi connectivity index (χ1n) is 8.66. The quantitative estimate of drug-likeness (QED) is 0.555. The third kappa shape index (κ3) is 3.25. The van der Waals surface area contributed by atoms with Crippen molar-refractivity contribution in [3.05, 3.63) is 87.6 Å². The van der Waals surface area contributed by atoms with Gasteiger partial charge in [0.25, 0.3) is 11.5 Å². The van der Waals surface area contributed by atoms with Gasteiger partial charge in [-0.2, -0.15) is 0 Å². The molecule has 138 valence electrons. The predicted octanol–water partition coefficient (Wildman–Crippen LogP) is 2.29. The molecule has 7 heteroatoms. The minimum absolute atomic E-state index is 0.0591. The van der Waals surface area contributed by atoms with Crippen molar-refractivity contribution in [3.63, 3.8) is 0 Å². The molecule has 0 fully saturated rings. The topological polar surface area (TPSA) is 93.4 Å². The van der Waals surface area contributed by atoms with Gasteiger partial charge in [-0.05, 0) is 48.4 Å². The van der Waals surface area contributed by atoms with E-state index in [2.05, 4.69) is 15.3 Å². The fraction of sp³-hybridized carbons (Fsp3) is 0.0952. The van der Waals surface area contributed by atoms with Gasteiger partial charge in [0.1, 0.15) is 17.6 Å². The Labute approximate surface area is 159 Å². The number of aromatic nitrogens is 3. The number of hydrogen-bond donors (Lipinski definition) is 1. The smallest absolute Gasteiger partial charge is 0.270 e. The fourth-order valence-electron chi connectivity index (χ4n) is 3.01. The largest absolute Gasteiger partial charge is 0.347 e. The number of carbonyl (C=O) groups is 2. The zero-order chi connectivity index (χ0) is 19.7. The molecule has 0 atom stereocenters. The lowest BCUT2D eigenvalue weighted by atomic mass is 10.0. The van der Waals surface area contributed by atoms with E-state index in [0.29, 0.717) is 11.2 Å². The molecule has 3 heterocycles. The number of amides is 1. The van der Waals surface area contributed by atoms with Crippen LogP contribution in [0.2, 0.25) is 0 Å². The van der Waals surface area contributed by atoms with Crippen LogP contribution in [0.4, 0.5) is 0 Å².